The van der Waals surface area contributed by atoms with Crippen LogP contribution >= 0.6 is 0 Å². The number of fused-ring (bicyclic) bond motifs is 1. The van der Waals surface area contributed by atoms with Crippen LogP contribution in [0.2, 0.25) is 0 Å². The summed E-state index contributed by atoms with van der Waals surface area (Å²) in [4.78, 5) is 17.1. The predicted molar refractivity (Wildman–Crippen MR) is 105 cm³/mol. The van der Waals surface area contributed by atoms with Crippen LogP contribution in [0.25, 0.3) is 0 Å². The van der Waals surface area contributed by atoms with E-state index in [9.17, 15) is 4.79 Å². The first-order valence-electron chi connectivity index (χ1n) is 9.03. The number of nitrogens with one attached hydrogen (secondary N) is 1. The molecule has 0 aromatic heterocycles. The summed E-state index contributed by atoms with van der Waals surface area (Å²) in [6.45, 7) is 4.40. The van der Waals surface area contributed by atoms with E-state index in [1.165, 1.54) is 0 Å². The van der Waals surface area contributed by atoms with Crippen molar-refractivity contribution in [1.29, 1.82) is 0 Å². The van der Waals surface area contributed by atoms with E-state index in [4.69, 9.17) is 19.0 Å². The Labute approximate surface area is 164 Å². The van der Waals surface area contributed by atoms with Crippen molar-refractivity contribution in [3.05, 3.63) is 53.1 Å². The van der Waals surface area contributed by atoms with Gasteiger partial charge in [-0.15, -0.1) is 0 Å². The molecule has 0 bridgehead atoms. The summed E-state index contributed by atoms with van der Waals surface area (Å²) in [5.74, 6) is 1.98. The fraction of sp³-hybridized carbons (Fsp3) is 0.333. The van der Waals surface area contributed by atoms with Gasteiger partial charge in [0.2, 0.25) is 6.79 Å². The van der Waals surface area contributed by atoms with Gasteiger partial charge in [-0.2, -0.15) is 0 Å². The van der Waals surface area contributed by atoms with Crippen LogP contribution in [-0.2, 0) is 16.1 Å². The van der Waals surface area contributed by atoms with Gasteiger partial charge >= 0.3 is 0 Å². The molecule has 0 spiro atoms. The number of benzene rings is 2. The normalized spacial score (nSPS) is 12.6. The second kappa shape index (κ2) is 9.12. The summed E-state index contributed by atoms with van der Waals surface area (Å²) in [6, 6.07) is 11.5. The van der Waals surface area contributed by atoms with Crippen molar-refractivity contribution in [3.63, 3.8) is 0 Å². The lowest BCUT2D eigenvalue weighted by molar-refractivity contribution is -0.125. The largest absolute Gasteiger partial charge is 0.496 e. The standard InChI is InChI=1S/C21H24N2O5/c1-14-4-6-18(25-3)17(10-14)8-9-22-21(24)12-28-23-15(2)16-5-7-19-20(11-16)27-13-26-19/h4-7,10-11H,8-9,12-13H2,1-3H3,(H,22,24)/b23-15-. The van der Waals surface area contributed by atoms with Crippen LogP contribution in [0.5, 0.6) is 17.2 Å². The molecule has 0 saturated carbocycles. The van der Waals surface area contributed by atoms with E-state index in [2.05, 4.69) is 16.5 Å². The van der Waals surface area contributed by atoms with E-state index >= 15 is 0 Å². The number of rotatable bonds is 8. The number of carbonyl (C=O) groups is 1. The number of ether oxygens (including phenoxy) is 3. The first kappa shape index (κ1) is 19.5. The Bertz CT molecular complexity index is 879. The monoisotopic (exact) mass is 384 g/mol. The lowest BCUT2D eigenvalue weighted by Crippen LogP contribution is -2.29. The van der Waals surface area contributed by atoms with Gasteiger partial charge in [-0.3, -0.25) is 4.79 Å². The van der Waals surface area contributed by atoms with Crippen LogP contribution in [0.4, 0.5) is 0 Å². The van der Waals surface area contributed by atoms with Gasteiger partial charge in [0.15, 0.2) is 18.1 Å². The highest BCUT2D eigenvalue weighted by Gasteiger charge is 2.14. The summed E-state index contributed by atoms with van der Waals surface area (Å²) < 4.78 is 16.0. The van der Waals surface area contributed by atoms with Crippen molar-refractivity contribution < 1.29 is 23.8 Å². The summed E-state index contributed by atoms with van der Waals surface area (Å²) in [5.41, 5.74) is 3.70. The zero-order valence-corrected chi connectivity index (χ0v) is 16.3. The molecule has 7 heteroatoms. The molecule has 0 fully saturated rings. The molecule has 1 N–H and O–H groups in total. The smallest absolute Gasteiger partial charge is 0.260 e. The Morgan fingerprint density at radius 2 is 2.00 bits per heavy atom. The van der Waals surface area contributed by atoms with Gasteiger partial charge in [0.25, 0.3) is 5.91 Å². The third-order valence-electron chi connectivity index (χ3n) is 4.34. The number of hydrogen-bond acceptors (Lipinski definition) is 6. The third kappa shape index (κ3) is 4.94. The summed E-state index contributed by atoms with van der Waals surface area (Å²) in [6.07, 6.45) is 0.677. The molecular formula is C21H24N2O5. The van der Waals surface area contributed by atoms with Gasteiger partial charge < -0.3 is 24.4 Å². The minimum absolute atomic E-state index is 0.146. The van der Waals surface area contributed by atoms with Gasteiger partial charge in [0, 0.05) is 12.1 Å². The minimum Gasteiger partial charge on any atom is -0.496 e. The molecule has 0 saturated heterocycles. The number of aryl methyl sites for hydroxylation is 1. The average molecular weight is 384 g/mol. The molecule has 2 aromatic rings. The van der Waals surface area contributed by atoms with E-state index in [1.807, 2.05) is 37.3 Å². The topological polar surface area (TPSA) is 78.4 Å². The van der Waals surface area contributed by atoms with Crippen molar-refractivity contribution in [1.82, 2.24) is 5.32 Å². The number of nitrogens with zero attached hydrogens (tertiary/aromatic N) is 1. The number of amides is 1. The summed E-state index contributed by atoms with van der Waals surface area (Å²) in [7, 11) is 1.64. The summed E-state index contributed by atoms with van der Waals surface area (Å²) >= 11 is 0. The second-order valence-corrected chi connectivity index (χ2v) is 6.43. The molecule has 2 aromatic carbocycles. The SMILES string of the molecule is COc1ccc(C)cc1CCNC(=O)CO/N=C(/C)c1ccc2c(c1)OCO2. The molecule has 1 aliphatic heterocycles. The first-order chi connectivity index (χ1) is 13.6. The molecule has 1 aliphatic rings. The first-order valence-corrected chi connectivity index (χ1v) is 9.03. The fourth-order valence-corrected chi connectivity index (χ4v) is 2.85. The van der Waals surface area contributed by atoms with Gasteiger partial charge in [-0.05, 0) is 50.1 Å². The molecule has 1 heterocycles. The molecule has 0 aliphatic carbocycles. The van der Waals surface area contributed by atoms with Crippen LogP contribution in [0.15, 0.2) is 41.6 Å². The third-order valence-corrected chi connectivity index (χ3v) is 4.34. The summed E-state index contributed by atoms with van der Waals surface area (Å²) in [5, 5.41) is 6.83. The highest BCUT2D eigenvalue weighted by molar-refractivity contribution is 5.99. The van der Waals surface area contributed by atoms with Crippen LogP contribution in [-0.4, -0.2) is 38.7 Å². The van der Waals surface area contributed by atoms with Crippen LogP contribution in [0.3, 0.4) is 0 Å². The minimum atomic E-state index is -0.228. The highest BCUT2D eigenvalue weighted by atomic mass is 16.7. The van der Waals surface area contributed by atoms with Crippen LogP contribution in [0, 0.1) is 6.92 Å². The van der Waals surface area contributed by atoms with Crippen molar-refractivity contribution in [3.8, 4) is 17.2 Å². The molecule has 1 amide bonds. The Hall–Kier alpha value is -3.22. The molecule has 0 unspecified atom stereocenters. The number of carbonyl (C=O) groups excluding carboxylic acids is 1. The van der Waals surface area contributed by atoms with Crippen molar-refractivity contribution in [2.45, 2.75) is 20.3 Å². The number of hydrogen-bond donors (Lipinski definition) is 1. The van der Waals surface area contributed by atoms with Crippen molar-refractivity contribution in [2.24, 2.45) is 5.16 Å². The van der Waals surface area contributed by atoms with E-state index < -0.39 is 0 Å². The fourth-order valence-electron chi connectivity index (χ4n) is 2.85. The van der Waals surface area contributed by atoms with E-state index in [0.717, 1.165) is 22.4 Å². The van der Waals surface area contributed by atoms with Gasteiger partial charge in [-0.25, -0.2) is 0 Å². The van der Waals surface area contributed by atoms with Gasteiger partial charge in [0.05, 0.1) is 12.8 Å². The predicted octanol–water partition coefficient (Wildman–Crippen LogP) is 2.83. The molecular weight excluding hydrogens is 360 g/mol. The Kier molecular flexibility index (Phi) is 6.37. The van der Waals surface area contributed by atoms with E-state index in [1.54, 1.807) is 14.0 Å². The van der Waals surface area contributed by atoms with Crippen molar-refractivity contribution in [2.75, 3.05) is 27.1 Å². The number of oxime groups is 1. The Morgan fingerprint density at radius 3 is 2.82 bits per heavy atom. The lowest BCUT2D eigenvalue weighted by atomic mass is 10.1. The molecule has 0 radical (unpaired) electrons. The second-order valence-electron chi connectivity index (χ2n) is 6.43. The maximum atomic E-state index is 12.0. The van der Waals surface area contributed by atoms with Crippen LogP contribution in [0.1, 0.15) is 23.6 Å². The maximum absolute atomic E-state index is 12.0. The van der Waals surface area contributed by atoms with E-state index in [-0.39, 0.29) is 19.3 Å². The van der Waals surface area contributed by atoms with E-state index in [0.29, 0.717) is 30.2 Å². The van der Waals surface area contributed by atoms with Crippen molar-refractivity contribution >= 4 is 11.6 Å². The number of methoxy groups -OCH3 is 1. The molecule has 28 heavy (non-hydrogen) atoms. The molecule has 0 atom stereocenters. The highest BCUT2D eigenvalue weighted by Crippen LogP contribution is 2.32. The zero-order valence-electron chi connectivity index (χ0n) is 16.3. The van der Waals surface area contributed by atoms with Gasteiger partial charge in [-0.1, -0.05) is 22.9 Å². The molecule has 148 valence electrons. The lowest BCUT2D eigenvalue weighted by Gasteiger charge is -2.10. The Balaban J connectivity index is 1.44. The van der Waals surface area contributed by atoms with Gasteiger partial charge in [0.1, 0.15) is 5.75 Å². The average Bonchev–Trinajstić information content (AvgIpc) is 3.16. The maximum Gasteiger partial charge on any atom is 0.260 e. The zero-order chi connectivity index (χ0) is 19.9. The Morgan fingerprint density at radius 1 is 1.18 bits per heavy atom. The molecule has 3 rings (SSSR count). The van der Waals surface area contributed by atoms with Crippen LogP contribution < -0.4 is 19.5 Å². The molecule has 7 nitrogen and oxygen atoms in total. The quantitative estimate of drug-likeness (QED) is 0.559.